The first-order valence-electron chi connectivity index (χ1n) is 6.22. The molecular weight excluding hydrogens is 188 g/mol. The van der Waals surface area contributed by atoms with E-state index in [-0.39, 0.29) is 11.8 Å². The van der Waals surface area contributed by atoms with E-state index in [0.717, 1.165) is 18.9 Å². The van der Waals surface area contributed by atoms with Gasteiger partial charge in [-0.3, -0.25) is 4.79 Å². The van der Waals surface area contributed by atoms with Crippen LogP contribution in [-0.2, 0) is 4.79 Å². The fraction of sp³-hybridized carbons (Fsp3) is 0.917. The van der Waals surface area contributed by atoms with Crippen molar-refractivity contribution < 1.29 is 4.79 Å². The van der Waals surface area contributed by atoms with Crippen LogP contribution in [0.5, 0.6) is 0 Å². The van der Waals surface area contributed by atoms with Crippen molar-refractivity contribution in [3.63, 3.8) is 0 Å². The summed E-state index contributed by atoms with van der Waals surface area (Å²) in [4.78, 5) is 12.0. The molecule has 1 aliphatic heterocycles. The Morgan fingerprint density at radius 1 is 1.40 bits per heavy atom. The standard InChI is InChI=1S/C12H22N2O/c1-8(10-4-3-5-10)14-12(15)11-6-7-13-9(11)2/h8-11,13H,3-7H2,1-2H3,(H,14,15). The second-order valence-electron chi connectivity index (χ2n) is 5.13. The van der Waals surface area contributed by atoms with Crippen LogP contribution >= 0.6 is 0 Å². The summed E-state index contributed by atoms with van der Waals surface area (Å²) in [7, 11) is 0. The van der Waals surface area contributed by atoms with Gasteiger partial charge in [-0.1, -0.05) is 6.42 Å². The van der Waals surface area contributed by atoms with Crippen LogP contribution in [0.15, 0.2) is 0 Å². The quantitative estimate of drug-likeness (QED) is 0.737. The predicted octanol–water partition coefficient (Wildman–Crippen LogP) is 1.29. The molecule has 2 rings (SSSR count). The van der Waals surface area contributed by atoms with Crippen molar-refractivity contribution in [2.75, 3.05) is 6.54 Å². The highest BCUT2D eigenvalue weighted by molar-refractivity contribution is 5.80. The SMILES string of the molecule is CC(NC(=O)C1CCNC1C)C1CCC1. The molecule has 3 heteroatoms. The van der Waals surface area contributed by atoms with E-state index >= 15 is 0 Å². The summed E-state index contributed by atoms with van der Waals surface area (Å²) < 4.78 is 0. The minimum atomic E-state index is 0.188. The van der Waals surface area contributed by atoms with Crippen molar-refractivity contribution in [2.24, 2.45) is 11.8 Å². The summed E-state index contributed by atoms with van der Waals surface area (Å²) in [5.41, 5.74) is 0. The van der Waals surface area contributed by atoms with Gasteiger partial charge in [-0.25, -0.2) is 0 Å². The van der Waals surface area contributed by atoms with Crippen molar-refractivity contribution in [3.05, 3.63) is 0 Å². The van der Waals surface area contributed by atoms with Gasteiger partial charge in [0, 0.05) is 12.1 Å². The maximum absolute atomic E-state index is 12.0. The van der Waals surface area contributed by atoms with E-state index in [0.29, 0.717) is 12.1 Å². The van der Waals surface area contributed by atoms with E-state index < -0.39 is 0 Å². The molecule has 3 atom stereocenters. The number of amides is 1. The van der Waals surface area contributed by atoms with Crippen molar-refractivity contribution in [1.29, 1.82) is 0 Å². The second kappa shape index (κ2) is 4.52. The lowest BCUT2D eigenvalue weighted by Gasteiger charge is -2.32. The van der Waals surface area contributed by atoms with E-state index in [1.165, 1.54) is 19.3 Å². The molecule has 1 aliphatic carbocycles. The van der Waals surface area contributed by atoms with Gasteiger partial charge >= 0.3 is 0 Å². The molecule has 2 fully saturated rings. The van der Waals surface area contributed by atoms with Gasteiger partial charge in [0.25, 0.3) is 0 Å². The van der Waals surface area contributed by atoms with Crippen LogP contribution in [0.1, 0.15) is 39.5 Å². The normalized spacial score (nSPS) is 33.5. The number of hydrogen-bond donors (Lipinski definition) is 2. The topological polar surface area (TPSA) is 41.1 Å². The third-order valence-electron chi connectivity index (χ3n) is 4.09. The monoisotopic (exact) mass is 210 g/mol. The average molecular weight is 210 g/mol. The van der Waals surface area contributed by atoms with Gasteiger partial charge in [-0.15, -0.1) is 0 Å². The largest absolute Gasteiger partial charge is 0.353 e. The third-order valence-corrected chi connectivity index (χ3v) is 4.09. The average Bonchev–Trinajstić information content (AvgIpc) is 2.47. The molecule has 2 N–H and O–H groups in total. The molecule has 0 aromatic heterocycles. The number of nitrogens with one attached hydrogen (secondary N) is 2. The van der Waals surface area contributed by atoms with Crippen LogP contribution in [0.4, 0.5) is 0 Å². The molecule has 3 nitrogen and oxygen atoms in total. The van der Waals surface area contributed by atoms with Crippen molar-refractivity contribution in [3.8, 4) is 0 Å². The minimum absolute atomic E-state index is 0.188. The van der Waals surface area contributed by atoms with Crippen molar-refractivity contribution >= 4 is 5.91 Å². The Kier molecular flexibility index (Phi) is 3.29. The molecule has 3 unspecified atom stereocenters. The van der Waals surface area contributed by atoms with Crippen molar-refractivity contribution in [2.45, 2.75) is 51.6 Å². The molecule has 0 aromatic carbocycles. The lowest BCUT2D eigenvalue weighted by atomic mass is 9.80. The van der Waals surface area contributed by atoms with E-state index in [1.54, 1.807) is 0 Å². The highest BCUT2D eigenvalue weighted by atomic mass is 16.2. The van der Waals surface area contributed by atoms with Crippen LogP contribution in [0.2, 0.25) is 0 Å². The van der Waals surface area contributed by atoms with E-state index in [1.807, 2.05) is 0 Å². The van der Waals surface area contributed by atoms with Crippen LogP contribution in [-0.4, -0.2) is 24.5 Å². The summed E-state index contributed by atoms with van der Waals surface area (Å²) in [6.45, 7) is 5.23. The molecule has 1 saturated heterocycles. The first kappa shape index (κ1) is 10.9. The molecule has 1 amide bonds. The molecule has 0 aromatic rings. The highest BCUT2D eigenvalue weighted by Gasteiger charge is 2.32. The van der Waals surface area contributed by atoms with Gasteiger partial charge in [0.1, 0.15) is 0 Å². The Hall–Kier alpha value is -0.570. The first-order chi connectivity index (χ1) is 7.18. The fourth-order valence-corrected chi connectivity index (χ4v) is 2.61. The molecule has 0 bridgehead atoms. The predicted molar refractivity (Wildman–Crippen MR) is 60.5 cm³/mol. The van der Waals surface area contributed by atoms with Crippen LogP contribution in [0.3, 0.4) is 0 Å². The summed E-state index contributed by atoms with van der Waals surface area (Å²) in [6.07, 6.45) is 4.91. The molecule has 2 aliphatic rings. The highest BCUT2D eigenvalue weighted by Crippen LogP contribution is 2.29. The van der Waals surface area contributed by atoms with Crippen molar-refractivity contribution in [1.82, 2.24) is 10.6 Å². The van der Waals surface area contributed by atoms with Gasteiger partial charge < -0.3 is 10.6 Å². The summed E-state index contributed by atoms with van der Waals surface area (Å²) in [6, 6.07) is 0.720. The molecule has 0 spiro atoms. The fourth-order valence-electron chi connectivity index (χ4n) is 2.61. The van der Waals surface area contributed by atoms with Crippen LogP contribution in [0, 0.1) is 11.8 Å². The summed E-state index contributed by atoms with van der Waals surface area (Å²) >= 11 is 0. The Balaban J connectivity index is 1.80. The van der Waals surface area contributed by atoms with E-state index in [4.69, 9.17) is 0 Å². The maximum atomic E-state index is 12.0. The number of carbonyl (C=O) groups is 1. The van der Waals surface area contributed by atoms with E-state index in [9.17, 15) is 4.79 Å². The zero-order valence-corrected chi connectivity index (χ0v) is 9.75. The third kappa shape index (κ3) is 2.33. The Bertz CT molecular complexity index is 238. The zero-order valence-electron chi connectivity index (χ0n) is 9.75. The Labute approximate surface area is 92.0 Å². The van der Waals surface area contributed by atoms with E-state index in [2.05, 4.69) is 24.5 Å². The first-order valence-corrected chi connectivity index (χ1v) is 6.22. The molecule has 86 valence electrons. The number of rotatable bonds is 3. The maximum Gasteiger partial charge on any atom is 0.224 e. The number of carbonyl (C=O) groups excluding carboxylic acids is 1. The Morgan fingerprint density at radius 3 is 2.60 bits per heavy atom. The summed E-state index contributed by atoms with van der Waals surface area (Å²) in [5, 5.41) is 6.50. The van der Waals surface area contributed by atoms with Crippen LogP contribution in [0.25, 0.3) is 0 Å². The van der Waals surface area contributed by atoms with Gasteiger partial charge in [0.2, 0.25) is 5.91 Å². The second-order valence-corrected chi connectivity index (χ2v) is 5.13. The summed E-state index contributed by atoms with van der Waals surface area (Å²) in [5.74, 6) is 1.18. The van der Waals surface area contributed by atoms with Gasteiger partial charge in [0.05, 0.1) is 5.92 Å². The smallest absolute Gasteiger partial charge is 0.224 e. The molecule has 15 heavy (non-hydrogen) atoms. The molecule has 1 saturated carbocycles. The minimum Gasteiger partial charge on any atom is -0.353 e. The lowest BCUT2D eigenvalue weighted by Crippen LogP contribution is -2.45. The van der Waals surface area contributed by atoms with Gasteiger partial charge in [-0.2, -0.15) is 0 Å². The molecule has 0 radical (unpaired) electrons. The Morgan fingerprint density at radius 2 is 2.13 bits per heavy atom. The van der Waals surface area contributed by atoms with Gasteiger partial charge in [0.15, 0.2) is 0 Å². The van der Waals surface area contributed by atoms with Gasteiger partial charge in [-0.05, 0) is 45.6 Å². The zero-order chi connectivity index (χ0) is 10.8. The molecular formula is C12H22N2O. The molecule has 1 heterocycles. The number of hydrogen-bond acceptors (Lipinski definition) is 2. The van der Waals surface area contributed by atoms with Crippen LogP contribution < -0.4 is 10.6 Å². The lowest BCUT2D eigenvalue weighted by molar-refractivity contribution is -0.126.